The third-order valence-corrected chi connectivity index (χ3v) is 3.65. The minimum absolute atomic E-state index is 0.195. The molecule has 0 atom stereocenters. The van der Waals surface area contributed by atoms with Crippen LogP contribution in [0, 0.1) is 0 Å². The topological polar surface area (TPSA) is 44.7 Å². The van der Waals surface area contributed by atoms with Crippen LogP contribution in [-0.4, -0.2) is 44.3 Å². The normalized spacial score (nSPS) is 10.7. The molecular formula is C18H30N2O2. The van der Waals surface area contributed by atoms with Crippen LogP contribution in [0.15, 0.2) is 24.8 Å². The number of hydrogen-bond donors (Lipinski definition) is 2. The van der Waals surface area contributed by atoms with Crippen molar-refractivity contribution in [3.63, 3.8) is 0 Å². The molecule has 0 fully saturated rings. The van der Waals surface area contributed by atoms with Crippen LogP contribution in [0.4, 0.5) is 0 Å². The van der Waals surface area contributed by atoms with Gasteiger partial charge in [-0.2, -0.15) is 0 Å². The summed E-state index contributed by atoms with van der Waals surface area (Å²) in [6.45, 7) is 6.05. The molecule has 0 aliphatic heterocycles. The highest BCUT2D eigenvalue weighted by Gasteiger charge is 2.06. The molecule has 0 aliphatic rings. The fourth-order valence-corrected chi connectivity index (χ4v) is 2.31. The Bertz CT molecular complexity index is 458. The van der Waals surface area contributed by atoms with Crippen LogP contribution in [0.3, 0.4) is 0 Å². The van der Waals surface area contributed by atoms with E-state index in [1.807, 2.05) is 12.1 Å². The van der Waals surface area contributed by atoms with Crippen LogP contribution in [0.2, 0.25) is 0 Å². The molecule has 1 aromatic rings. The van der Waals surface area contributed by atoms with Gasteiger partial charge in [0, 0.05) is 23.9 Å². The summed E-state index contributed by atoms with van der Waals surface area (Å²) < 4.78 is 5.08. The predicted octanol–water partition coefficient (Wildman–Crippen LogP) is 3.47. The number of benzene rings is 1. The number of hydrogen-bond acceptors (Lipinski definition) is 4. The van der Waals surface area contributed by atoms with Crippen molar-refractivity contribution in [3.05, 3.63) is 30.3 Å². The lowest BCUT2D eigenvalue weighted by atomic mass is 10.1. The first kappa shape index (κ1) is 18.4. The highest BCUT2D eigenvalue weighted by Crippen LogP contribution is 2.27. The molecule has 0 amide bonds. The molecular weight excluding hydrogens is 276 g/mol. The quantitative estimate of drug-likeness (QED) is 0.614. The molecule has 0 bridgehead atoms. The second-order valence-corrected chi connectivity index (χ2v) is 5.86. The number of phenols is 1. The van der Waals surface area contributed by atoms with Gasteiger partial charge in [-0.3, -0.25) is 0 Å². The summed E-state index contributed by atoms with van der Waals surface area (Å²) >= 11 is 0. The highest BCUT2D eigenvalue weighted by atomic mass is 16.5. The van der Waals surface area contributed by atoms with E-state index in [4.69, 9.17) is 4.74 Å². The van der Waals surface area contributed by atoms with E-state index >= 15 is 0 Å². The van der Waals surface area contributed by atoms with Crippen LogP contribution in [-0.2, 0) is 0 Å². The minimum Gasteiger partial charge on any atom is -0.507 e. The summed E-state index contributed by atoms with van der Waals surface area (Å²) in [5.41, 5.74) is 1.49. The van der Waals surface area contributed by atoms with Crippen molar-refractivity contribution < 1.29 is 9.84 Å². The van der Waals surface area contributed by atoms with Crippen LogP contribution >= 0.6 is 0 Å². The van der Waals surface area contributed by atoms with Crippen molar-refractivity contribution in [2.24, 2.45) is 0 Å². The Labute approximate surface area is 134 Å². The number of unbranched alkanes of at least 4 members (excludes halogenated alkanes) is 4. The molecule has 1 rings (SSSR count). The lowest BCUT2D eigenvalue weighted by molar-refractivity contribution is 0.389. The second kappa shape index (κ2) is 10.1. The van der Waals surface area contributed by atoms with E-state index in [9.17, 15) is 5.11 Å². The zero-order valence-corrected chi connectivity index (χ0v) is 14.2. The minimum atomic E-state index is 0.195. The van der Waals surface area contributed by atoms with E-state index in [2.05, 4.69) is 30.9 Å². The maximum atomic E-state index is 9.95. The van der Waals surface area contributed by atoms with Gasteiger partial charge < -0.3 is 20.1 Å². The Hall–Kier alpha value is -1.68. The van der Waals surface area contributed by atoms with Crippen molar-refractivity contribution in [1.29, 1.82) is 0 Å². The van der Waals surface area contributed by atoms with Gasteiger partial charge in [0.1, 0.15) is 11.5 Å². The Morgan fingerprint density at radius 1 is 1.18 bits per heavy atom. The number of aromatic hydroxyl groups is 1. The number of nitrogens with zero attached hydrogens (tertiary/aromatic N) is 1. The fourth-order valence-electron chi connectivity index (χ4n) is 2.31. The number of ether oxygens (including phenoxy) is 1. The van der Waals surface area contributed by atoms with E-state index in [1.165, 1.54) is 32.2 Å². The molecule has 0 heterocycles. The Kier molecular flexibility index (Phi) is 8.44. The van der Waals surface area contributed by atoms with E-state index in [0.29, 0.717) is 5.75 Å². The van der Waals surface area contributed by atoms with E-state index in [-0.39, 0.29) is 5.75 Å². The number of rotatable bonds is 11. The third-order valence-electron chi connectivity index (χ3n) is 3.65. The first-order valence-electron chi connectivity index (χ1n) is 7.99. The van der Waals surface area contributed by atoms with Gasteiger partial charge in [0.15, 0.2) is 0 Å². The third kappa shape index (κ3) is 6.85. The second-order valence-electron chi connectivity index (χ2n) is 5.86. The summed E-state index contributed by atoms with van der Waals surface area (Å²) in [6.07, 6.45) is 6.18. The monoisotopic (exact) mass is 306 g/mol. The average Bonchev–Trinajstić information content (AvgIpc) is 2.49. The van der Waals surface area contributed by atoms with Crippen molar-refractivity contribution in [3.8, 4) is 11.5 Å². The first-order valence-corrected chi connectivity index (χ1v) is 7.99. The molecule has 0 aliphatic carbocycles. The van der Waals surface area contributed by atoms with Gasteiger partial charge in [-0.25, -0.2) is 0 Å². The zero-order chi connectivity index (χ0) is 16.4. The van der Waals surface area contributed by atoms with Crippen molar-refractivity contribution in [1.82, 2.24) is 10.2 Å². The largest absolute Gasteiger partial charge is 0.507 e. The molecule has 0 radical (unpaired) electrons. The van der Waals surface area contributed by atoms with Gasteiger partial charge in [-0.1, -0.05) is 25.8 Å². The van der Waals surface area contributed by atoms with E-state index < -0.39 is 0 Å². The highest BCUT2D eigenvalue weighted by molar-refractivity contribution is 5.67. The van der Waals surface area contributed by atoms with Gasteiger partial charge >= 0.3 is 0 Å². The summed E-state index contributed by atoms with van der Waals surface area (Å²) in [5, 5.41) is 13.2. The SMILES string of the molecule is C=C(NCCCCCCCN(C)C)c1ccc(OC)cc1O. The molecule has 124 valence electrons. The molecule has 0 unspecified atom stereocenters. The Balaban J connectivity index is 2.18. The lowest BCUT2D eigenvalue weighted by Gasteiger charge is -2.12. The maximum Gasteiger partial charge on any atom is 0.128 e. The molecule has 0 aromatic heterocycles. The van der Waals surface area contributed by atoms with Crippen molar-refractivity contribution in [2.45, 2.75) is 32.1 Å². The first-order chi connectivity index (χ1) is 10.5. The fraction of sp³-hybridized carbons (Fsp3) is 0.556. The van der Waals surface area contributed by atoms with E-state index in [0.717, 1.165) is 24.2 Å². The summed E-state index contributed by atoms with van der Waals surface area (Å²) in [7, 11) is 5.81. The molecule has 2 N–H and O–H groups in total. The molecule has 1 aromatic carbocycles. The molecule has 0 spiro atoms. The zero-order valence-electron chi connectivity index (χ0n) is 14.2. The van der Waals surface area contributed by atoms with Crippen LogP contribution < -0.4 is 10.1 Å². The van der Waals surface area contributed by atoms with Gasteiger partial charge in [-0.15, -0.1) is 0 Å². The summed E-state index contributed by atoms with van der Waals surface area (Å²) in [5.74, 6) is 0.840. The molecule has 0 saturated heterocycles. The van der Waals surface area contributed by atoms with Gasteiger partial charge in [0.05, 0.1) is 7.11 Å². The smallest absolute Gasteiger partial charge is 0.128 e. The van der Waals surface area contributed by atoms with Crippen LogP contribution in [0.5, 0.6) is 11.5 Å². The molecule has 22 heavy (non-hydrogen) atoms. The van der Waals surface area contributed by atoms with Crippen molar-refractivity contribution >= 4 is 5.70 Å². The molecule has 0 saturated carbocycles. The Morgan fingerprint density at radius 3 is 2.50 bits per heavy atom. The number of nitrogens with one attached hydrogen (secondary N) is 1. The maximum absolute atomic E-state index is 9.95. The standard InChI is InChI=1S/C18H30N2O2/c1-15(17-11-10-16(22-4)14-18(17)21)19-12-8-6-5-7-9-13-20(2)3/h10-11,14,19,21H,1,5-9,12-13H2,2-4H3. The number of methoxy groups -OCH3 is 1. The Morgan fingerprint density at radius 2 is 1.86 bits per heavy atom. The van der Waals surface area contributed by atoms with Crippen LogP contribution in [0.1, 0.15) is 37.7 Å². The van der Waals surface area contributed by atoms with Crippen LogP contribution in [0.25, 0.3) is 5.70 Å². The van der Waals surface area contributed by atoms with Gasteiger partial charge in [0.25, 0.3) is 0 Å². The van der Waals surface area contributed by atoms with E-state index in [1.54, 1.807) is 13.2 Å². The molecule has 4 nitrogen and oxygen atoms in total. The lowest BCUT2D eigenvalue weighted by Crippen LogP contribution is -2.13. The number of phenolic OH excluding ortho intramolecular Hbond substituents is 1. The van der Waals surface area contributed by atoms with Crippen molar-refractivity contribution in [2.75, 3.05) is 34.3 Å². The van der Waals surface area contributed by atoms with Gasteiger partial charge in [-0.05, 0) is 45.6 Å². The summed E-state index contributed by atoms with van der Waals surface area (Å²) in [6, 6.07) is 5.25. The molecule has 4 heteroatoms. The summed E-state index contributed by atoms with van der Waals surface area (Å²) in [4.78, 5) is 2.23. The predicted molar refractivity (Wildman–Crippen MR) is 93.3 cm³/mol. The average molecular weight is 306 g/mol. The van der Waals surface area contributed by atoms with Gasteiger partial charge in [0.2, 0.25) is 0 Å².